The first-order valence-electron chi connectivity index (χ1n) is 7.87. The van der Waals surface area contributed by atoms with E-state index in [0.29, 0.717) is 6.54 Å². The van der Waals surface area contributed by atoms with Crippen LogP contribution in [-0.4, -0.2) is 24.6 Å². The van der Waals surface area contributed by atoms with Gasteiger partial charge >= 0.3 is 0 Å². The predicted octanol–water partition coefficient (Wildman–Crippen LogP) is 2.54. The fourth-order valence-corrected chi connectivity index (χ4v) is 2.43. The van der Waals surface area contributed by atoms with Crippen LogP contribution in [-0.2, 0) is 11.3 Å². The van der Waals surface area contributed by atoms with Crippen molar-refractivity contribution in [1.29, 1.82) is 0 Å². The summed E-state index contributed by atoms with van der Waals surface area (Å²) >= 11 is 0. The Bertz CT molecular complexity index is 482. The summed E-state index contributed by atoms with van der Waals surface area (Å²) in [7, 11) is 0. The highest BCUT2D eigenvalue weighted by Gasteiger charge is 2.21. The number of nitrogens with one attached hydrogen (secondary N) is 2. The minimum atomic E-state index is -0.0330. The molecule has 0 aliphatic carbocycles. The fourth-order valence-electron chi connectivity index (χ4n) is 2.43. The quantitative estimate of drug-likeness (QED) is 0.846. The summed E-state index contributed by atoms with van der Waals surface area (Å²) in [6, 6.07) is 6.10. The molecular formula is C17H26N2O2. The Kier molecular flexibility index (Phi) is 5.62. The van der Waals surface area contributed by atoms with Gasteiger partial charge in [-0.15, -0.1) is 0 Å². The minimum Gasteiger partial charge on any atom is -0.490 e. The van der Waals surface area contributed by atoms with Gasteiger partial charge in [0.25, 0.3) is 0 Å². The summed E-state index contributed by atoms with van der Waals surface area (Å²) in [5, 5.41) is 6.22. The second-order valence-electron chi connectivity index (χ2n) is 5.81. The molecule has 116 valence electrons. The van der Waals surface area contributed by atoms with Crippen LogP contribution in [0, 0.1) is 6.92 Å². The van der Waals surface area contributed by atoms with E-state index in [4.69, 9.17) is 4.74 Å². The molecule has 2 N–H and O–H groups in total. The molecule has 1 aromatic rings. The number of rotatable bonds is 6. The van der Waals surface area contributed by atoms with Crippen molar-refractivity contribution in [1.82, 2.24) is 10.6 Å². The molecule has 1 saturated heterocycles. The van der Waals surface area contributed by atoms with E-state index in [-0.39, 0.29) is 18.1 Å². The Hall–Kier alpha value is -1.55. The normalized spacial score (nSPS) is 19.3. The van der Waals surface area contributed by atoms with Gasteiger partial charge in [-0.05, 0) is 51.3 Å². The third-order valence-electron chi connectivity index (χ3n) is 3.96. The highest BCUT2D eigenvalue weighted by atomic mass is 16.5. The van der Waals surface area contributed by atoms with E-state index in [1.807, 2.05) is 19.1 Å². The smallest absolute Gasteiger partial charge is 0.237 e. The van der Waals surface area contributed by atoms with Crippen molar-refractivity contribution in [3.63, 3.8) is 0 Å². The van der Waals surface area contributed by atoms with Gasteiger partial charge in [0.05, 0.1) is 12.1 Å². The number of ether oxygens (including phenoxy) is 1. The van der Waals surface area contributed by atoms with Gasteiger partial charge in [0.15, 0.2) is 0 Å². The predicted molar refractivity (Wildman–Crippen MR) is 84.4 cm³/mol. The van der Waals surface area contributed by atoms with Gasteiger partial charge in [-0.1, -0.05) is 19.1 Å². The van der Waals surface area contributed by atoms with Crippen molar-refractivity contribution in [3.05, 3.63) is 29.3 Å². The number of hydrogen-bond acceptors (Lipinski definition) is 3. The van der Waals surface area contributed by atoms with E-state index in [1.54, 1.807) is 0 Å². The standard InChI is InChI=1S/C17H26N2O2/c1-4-13(3)21-16-10-12(2)7-8-14(16)11-19-17(20)15-6-5-9-18-15/h7-8,10,13,15,18H,4-6,9,11H2,1-3H3,(H,19,20). The molecule has 0 spiro atoms. The zero-order chi connectivity index (χ0) is 15.2. The Labute approximate surface area is 127 Å². The van der Waals surface area contributed by atoms with Crippen molar-refractivity contribution in [3.8, 4) is 5.75 Å². The van der Waals surface area contributed by atoms with Crippen LogP contribution < -0.4 is 15.4 Å². The van der Waals surface area contributed by atoms with E-state index in [2.05, 4.69) is 30.5 Å². The van der Waals surface area contributed by atoms with Crippen molar-refractivity contribution < 1.29 is 9.53 Å². The molecule has 1 aliphatic rings. The van der Waals surface area contributed by atoms with Crippen LogP contribution in [0.5, 0.6) is 5.75 Å². The molecule has 1 aliphatic heterocycles. The van der Waals surface area contributed by atoms with Crippen LogP contribution in [0.25, 0.3) is 0 Å². The fraction of sp³-hybridized carbons (Fsp3) is 0.588. The average molecular weight is 290 g/mol. The highest BCUT2D eigenvalue weighted by molar-refractivity contribution is 5.82. The molecule has 0 radical (unpaired) electrons. The number of carbonyl (C=O) groups is 1. The van der Waals surface area contributed by atoms with Crippen molar-refractivity contribution in [2.45, 2.75) is 58.7 Å². The van der Waals surface area contributed by atoms with Crippen LogP contribution in [0.3, 0.4) is 0 Å². The Morgan fingerprint density at radius 2 is 2.33 bits per heavy atom. The summed E-state index contributed by atoms with van der Waals surface area (Å²) in [4.78, 5) is 12.1. The molecule has 0 bridgehead atoms. The third kappa shape index (κ3) is 4.46. The molecule has 1 aromatic carbocycles. The van der Waals surface area contributed by atoms with E-state index in [9.17, 15) is 4.79 Å². The number of carbonyl (C=O) groups excluding carboxylic acids is 1. The second-order valence-corrected chi connectivity index (χ2v) is 5.81. The maximum Gasteiger partial charge on any atom is 0.237 e. The Morgan fingerprint density at radius 1 is 1.52 bits per heavy atom. The number of benzene rings is 1. The van der Waals surface area contributed by atoms with Gasteiger partial charge in [0.2, 0.25) is 5.91 Å². The zero-order valence-corrected chi connectivity index (χ0v) is 13.2. The summed E-state index contributed by atoms with van der Waals surface area (Å²) in [5.74, 6) is 0.964. The van der Waals surface area contributed by atoms with Crippen LogP contribution in [0.4, 0.5) is 0 Å². The Balaban J connectivity index is 1.99. The van der Waals surface area contributed by atoms with Crippen molar-refractivity contribution in [2.24, 2.45) is 0 Å². The SMILES string of the molecule is CCC(C)Oc1cc(C)ccc1CNC(=O)C1CCCN1. The van der Waals surface area contributed by atoms with Crippen LogP contribution in [0.1, 0.15) is 44.2 Å². The molecule has 21 heavy (non-hydrogen) atoms. The van der Waals surface area contributed by atoms with Gasteiger partial charge in [-0.2, -0.15) is 0 Å². The van der Waals surface area contributed by atoms with Crippen LogP contribution in [0.2, 0.25) is 0 Å². The minimum absolute atomic E-state index is 0.0330. The Morgan fingerprint density at radius 3 is 3.00 bits per heavy atom. The first kappa shape index (κ1) is 15.8. The zero-order valence-electron chi connectivity index (χ0n) is 13.2. The lowest BCUT2D eigenvalue weighted by molar-refractivity contribution is -0.122. The van der Waals surface area contributed by atoms with Gasteiger partial charge in [-0.25, -0.2) is 0 Å². The van der Waals surface area contributed by atoms with E-state index in [0.717, 1.165) is 37.1 Å². The number of hydrogen-bond donors (Lipinski definition) is 2. The van der Waals surface area contributed by atoms with E-state index < -0.39 is 0 Å². The molecule has 4 heteroatoms. The summed E-state index contributed by atoms with van der Waals surface area (Å²) in [6.07, 6.45) is 3.14. The van der Waals surface area contributed by atoms with Gasteiger partial charge < -0.3 is 15.4 Å². The highest BCUT2D eigenvalue weighted by Crippen LogP contribution is 2.22. The molecule has 2 atom stereocenters. The molecule has 4 nitrogen and oxygen atoms in total. The monoisotopic (exact) mass is 290 g/mol. The second kappa shape index (κ2) is 7.46. The summed E-state index contributed by atoms with van der Waals surface area (Å²) < 4.78 is 5.97. The molecule has 2 unspecified atom stereocenters. The van der Waals surface area contributed by atoms with Crippen molar-refractivity contribution >= 4 is 5.91 Å². The van der Waals surface area contributed by atoms with Crippen LogP contribution >= 0.6 is 0 Å². The number of amides is 1. The first-order valence-corrected chi connectivity index (χ1v) is 7.87. The topological polar surface area (TPSA) is 50.4 Å². The molecule has 2 rings (SSSR count). The maximum atomic E-state index is 12.1. The number of aryl methyl sites for hydroxylation is 1. The molecule has 1 amide bonds. The molecule has 0 aromatic heterocycles. The summed E-state index contributed by atoms with van der Waals surface area (Å²) in [5.41, 5.74) is 2.20. The maximum absolute atomic E-state index is 12.1. The molecular weight excluding hydrogens is 264 g/mol. The molecule has 1 fully saturated rings. The molecule has 0 saturated carbocycles. The van der Waals surface area contributed by atoms with E-state index in [1.165, 1.54) is 5.56 Å². The van der Waals surface area contributed by atoms with Gasteiger partial charge in [0, 0.05) is 12.1 Å². The third-order valence-corrected chi connectivity index (χ3v) is 3.96. The first-order chi connectivity index (χ1) is 10.1. The van der Waals surface area contributed by atoms with E-state index >= 15 is 0 Å². The lowest BCUT2D eigenvalue weighted by Gasteiger charge is -2.18. The molecule has 1 heterocycles. The van der Waals surface area contributed by atoms with Crippen LogP contribution in [0.15, 0.2) is 18.2 Å². The van der Waals surface area contributed by atoms with Gasteiger partial charge in [-0.3, -0.25) is 4.79 Å². The van der Waals surface area contributed by atoms with Gasteiger partial charge in [0.1, 0.15) is 5.75 Å². The summed E-state index contributed by atoms with van der Waals surface area (Å²) in [6.45, 7) is 7.67. The lowest BCUT2D eigenvalue weighted by Crippen LogP contribution is -2.40. The largest absolute Gasteiger partial charge is 0.490 e. The average Bonchev–Trinajstić information content (AvgIpc) is 3.00. The lowest BCUT2D eigenvalue weighted by atomic mass is 10.1. The van der Waals surface area contributed by atoms with Crippen molar-refractivity contribution in [2.75, 3.05) is 6.54 Å².